The molecule has 0 unspecified atom stereocenters. The Kier molecular flexibility index (Phi) is 2.92. The average Bonchev–Trinajstić information content (AvgIpc) is 2.63. The van der Waals surface area contributed by atoms with E-state index >= 15 is 0 Å². The number of aromatic amines is 1. The first-order valence-electron chi connectivity index (χ1n) is 5.69. The van der Waals surface area contributed by atoms with Crippen molar-refractivity contribution in [2.75, 3.05) is 0 Å². The SMILES string of the molecule is Cc1cc(C#N)ccc1-c1c(C)[nH]c(C)c1C#N. The topological polar surface area (TPSA) is 63.4 Å². The van der Waals surface area contributed by atoms with Crippen LogP contribution in [0, 0.1) is 43.4 Å². The van der Waals surface area contributed by atoms with Crippen molar-refractivity contribution in [3.05, 3.63) is 46.3 Å². The molecule has 1 heterocycles. The summed E-state index contributed by atoms with van der Waals surface area (Å²) in [4.78, 5) is 3.19. The second-order valence-electron chi connectivity index (χ2n) is 4.38. The second-order valence-corrected chi connectivity index (χ2v) is 4.38. The highest BCUT2D eigenvalue weighted by molar-refractivity contribution is 5.77. The lowest BCUT2D eigenvalue weighted by atomic mass is 9.95. The van der Waals surface area contributed by atoms with Crippen LogP contribution >= 0.6 is 0 Å². The van der Waals surface area contributed by atoms with Gasteiger partial charge in [-0.1, -0.05) is 6.07 Å². The zero-order chi connectivity index (χ0) is 13.3. The molecule has 2 rings (SSSR count). The molecule has 0 fully saturated rings. The van der Waals surface area contributed by atoms with Crippen molar-refractivity contribution in [3.63, 3.8) is 0 Å². The molecule has 1 aromatic heterocycles. The number of hydrogen-bond donors (Lipinski definition) is 1. The Labute approximate surface area is 106 Å². The molecule has 1 aromatic carbocycles. The van der Waals surface area contributed by atoms with E-state index in [0.717, 1.165) is 28.1 Å². The average molecular weight is 235 g/mol. The highest BCUT2D eigenvalue weighted by Crippen LogP contribution is 2.32. The van der Waals surface area contributed by atoms with E-state index in [9.17, 15) is 5.26 Å². The summed E-state index contributed by atoms with van der Waals surface area (Å²) in [6, 6.07) is 9.90. The minimum Gasteiger partial charge on any atom is -0.361 e. The molecule has 2 aromatic rings. The first-order valence-corrected chi connectivity index (χ1v) is 5.69. The summed E-state index contributed by atoms with van der Waals surface area (Å²) < 4.78 is 0. The van der Waals surface area contributed by atoms with E-state index in [1.165, 1.54) is 0 Å². The molecule has 1 N–H and O–H groups in total. The molecule has 0 bridgehead atoms. The van der Waals surface area contributed by atoms with E-state index in [0.29, 0.717) is 11.1 Å². The number of nitrogens with zero attached hydrogens (tertiary/aromatic N) is 2. The van der Waals surface area contributed by atoms with Crippen LogP contribution in [0.5, 0.6) is 0 Å². The van der Waals surface area contributed by atoms with E-state index < -0.39 is 0 Å². The van der Waals surface area contributed by atoms with Crippen LogP contribution in [0.15, 0.2) is 18.2 Å². The summed E-state index contributed by atoms with van der Waals surface area (Å²) in [5, 5.41) is 18.1. The predicted octanol–water partition coefficient (Wildman–Crippen LogP) is 3.35. The number of aryl methyl sites for hydroxylation is 3. The fourth-order valence-corrected chi connectivity index (χ4v) is 2.27. The molecule has 0 aliphatic rings. The fraction of sp³-hybridized carbons (Fsp3) is 0.200. The standard InChI is InChI=1S/C15H13N3/c1-9-6-12(7-16)4-5-13(9)15-11(3)18-10(2)14(15)8-17/h4-6,18H,1-3H3. The summed E-state index contributed by atoms with van der Waals surface area (Å²) in [7, 11) is 0. The molecular formula is C15H13N3. The smallest absolute Gasteiger partial charge is 0.102 e. The lowest BCUT2D eigenvalue weighted by molar-refractivity contribution is 1.18. The third kappa shape index (κ3) is 1.77. The monoisotopic (exact) mass is 235 g/mol. The van der Waals surface area contributed by atoms with Crippen molar-refractivity contribution in [1.82, 2.24) is 4.98 Å². The molecule has 0 saturated heterocycles. The first-order chi connectivity index (χ1) is 8.58. The molecule has 88 valence electrons. The molecule has 0 radical (unpaired) electrons. The maximum atomic E-state index is 9.24. The van der Waals surface area contributed by atoms with E-state index in [4.69, 9.17) is 5.26 Å². The largest absolute Gasteiger partial charge is 0.361 e. The number of nitrogens with one attached hydrogen (secondary N) is 1. The number of rotatable bonds is 1. The summed E-state index contributed by atoms with van der Waals surface area (Å²) in [5.41, 5.74) is 6.14. The normalized spacial score (nSPS) is 9.83. The van der Waals surface area contributed by atoms with Gasteiger partial charge in [-0.05, 0) is 44.0 Å². The Balaban J connectivity index is 2.71. The molecule has 0 spiro atoms. The maximum absolute atomic E-state index is 9.24. The lowest BCUT2D eigenvalue weighted by Gasteiger charge is -2.06. The van der Waals surface area contributed by atoms with Gasteiger partial charge in [-0.15, -0.1) is 0 Å². The van der Waals surface area contributed by atoms with Gasteiger partial charge in [0.05, 0.1) is 17.2 Å². The first kappa shape index (κ1) is 12.0. The molecule has 0 aliphatic carbocycles. The number of benzene rings is 1. The molecule has 0 aliphatic heterocycles. The Hall–Kier alpha value is -2.52. The third-order valence-electron chi connectivity index (χ3n) is 3.11. The maximum Gasteiger partial charge on any atom is 0.102 e. The van der Waals surface area contributed by atoms with Gasteiger partial charge >= 0.3 is 0 Å². The van der Waals surface area contributed by atoms with Crippen molar-refractivity contribution >= 4 is 0 Å². The van der Waals surface area contributed by atoms with Gasteiger partial charge in [-0.2, -0.15) is 10.5 Å². The van der Waals surface area contributed by atoms with Crippen LogP contribution in [0.25, 0.3) is 11.1 Å². The molecule has 3 heteroatoms. The summed E-state index contributed by atoms with van der Waals surface area (Å²) in [5.74, 6) is 0. The van der Waals surface area contributed by atoms with Crippen LogP contribution in [-0.4, -0.2) is 4.98 Å². The van der Waals surface area contributed by atoms with Gasteiger partial charge in [0.2, 0.25) is 0 Å². The van der Waals surface area contributed by atoms with Crippen molar-refractivity contribution in [1.29, 1.82) is 10.5 Å². The van der Waals surface area contributed by atoms with Gasteiger partial charge in [0, 0.05) is 17.0 Å². The Morgan fingerprint density at radius 3 is 2.28 bits per heavy atom. The van der Waals surface area contributed by atoms with Crippen LogP contribution in [0.4, 0.5) is 0 Å². The Morgan fingerprint density at radius 1 is 1.00 bits per heavy atom. The fourth-order valence-electron chi connectivity index (χ4n) is 2.27. The van der Waals surface area contributed by atoms with Gasteiger partial charge in [0.25, 0.3) is 0 Å². The molecular weight excluding hydrogens is 222 g/mol. The molecule has 3 nitrogen and oxygen atoms in total. The summed E-state index contributed by atoms with van der Waals surface area (Å²) >= 11 is 0. The molecule has 0 atom stereocenters. The number of hydrogen-bond acceptors (Lipinski definition) is 2. The lowest BCUT2D eigenvalue weighted by Crippen LogP contribution is -1.88. The Morgan fingerprint density at radius 2 is 1.72 bits per heavy atom. The third-order valence-corrected chi connectivity index (χ3v) is 3.11. The number of nitriles is 2. The quantitative estimate of drug-likeness (QED) is 0.823. The minimum atomic E-state index is 0.639. The van der Waals surface area contributed by atoms with Crippen LogP contribution in [0.3, 0.4) is 0 Å². The Bertz CT molecular complexity index is 694. The van der Waals surface area contributed by atoms with E-state index in [1.807, 2.05) is 32.9 Å². The number of H-pyrrole nitrogens is 1. The van der Waals surface area contributed by atoms with Crippen LogP contribution < -0.4 is 0 Å². The van der Waals surface area contributed by atoms with Gasteiger partial charge in [0.15, 0.2) is 0 Å². The van der Waals surface area contributed by atoms with Gasteiger partial charge in [0.1, 0.15) is 6.07 Å². The van der Waals surface area contributed by atoms with Gasteiger partial charge < -0.3 is 4.98 Å². The highest BCUT2D eigenvalue weighted by atomic mass is 14.7. The van der Waals surface area contributed by atoms with Crippen LogP contribution in [0.2, 0.25) is 0 Å². The zero-order valence-corrected chi connectivity index (χ0v) is 10.6. The predicted molar refractivity (Wildman–Crippen MR) is 69.9 cm³/mol. The minimum absolute atomic E-state index is 0.639. The zero-order valence-electron chi connectivity index (χ0n) is 10.6. The van der Waals surface area contributed by atoms with Crippen molar-refractivity contribution < 1.29 is 0 Å². The number of aromatic nitrogens is 1. The molecule has 0 saturated carbocycles. The van der Waals surface area contributed by atoms with E-state index in [1.54, 1.807) is 6.07 Å². The van der Waals surface area contributed by atoms with Crippen molar-refractivity contribution in [3.8, 4) is 23.3 Å². The molecule has 18 heavy (non-hydrogen) atoms. The second kappa shape index (κ2) is 4.39. The van der Waals surface area contributed by atoms with Gasteiger partial charge in [-0.25, -0.2) is 0 Å². The van der Waals surface area contributed by atoms with Gasteiger partial charge in [-0.3, -0.25) is 0 Å². The van der Waals surface area contributed by atoms with Crippen LogP contribution in [-0.2, 0) is 0 Å². The summed E-state index contributed by atoms with van der Waals surface area (Å²) in [6.07, 6.45) is 0. The van der Waals surface area contributed by atoms with E-state index in [2.05, 4.69) is 17.1 Å². The van der Waals surface area contributed by atoms with Crippen molar-refractivity contribution in [2.24, 2.45) is 0 Å². The van der Waals surface area contributed by atoms with Crippen LogP contribution in [0.1, 0.15) is 28.1 Å². The summed E-state index contributed by atoms with van der Waals surface area (Å²) in [6.45, 7) is 5.81. The van der Waals surface area contributed by atoms with Crippen molar-refractivity contribution in [2.45, 2.75) is 20.8 Å². The highest BCUT2D eigenvalue weighted by Gasteiger charge is 2.15. The molecule has 0 amide bonds. The van der Waals surface area contributed by atoms with E-state index in [-0.39, 0.29) is 0 Å².